The Hall–Kier alpha value is -0.530. The van der Waals surface area contributed by atoms with Crippen LogP contribution in [0.25, 0.3) is 0 Å². The van der Waals surface area contributed by atoms with E-state index < -0.39 is 0 Å². The molecular weight excluding hydrogens is 206 g/mol. The van der Waals surface area contributed by atoms with Crippen LogP contribution < -0.4 is 5.32 Å². The normalized spacial score (nSPS) is 19.3. The number of benzene rings is 1. The van der Waals surface area contributed by atoms with E-state index in [9.17, 15) is 0 Å². The quantitative estimate of drug-likeness (QED) is 0.829. The van der Waals surface area contributed by atoms with Crippen LogP contribution in [0, 0.1) is 0 Å². The molecule has 0 aromatic heterocycles. The van der Waals surface area contributed by atoms with Crippen LogP contribution in [0.15, 0.2) is 24.3 Å². The minimum Gasteiger partial charge on any atom is -0.319 e. The molecule has 15 heavy (non-hydrogen) atoms. The lowest BCUT2D eigenvalue weighted by Gasteiger charge is -2.29. The molecule has 0 saturated heterocycles. The lowest BCUT2D eigenvalue weighted by atomic mass is 9.79. The second-order valence-corrected chi connectivity index (χ2v) is 4.96. The maximum Gasteiger partial charge on any atom is 0.0408 e. The van der Waals surface area contributed by atoms with Crippen molar-refractivity contribution >= 4 is 11.6 Å². The van der Waals surface area contributed by atoms with Gasteiger partial charge in [-0.25, -0.2) is 0 Å². The molecule has 0 heterocycles. The summed E-state index contributed by atoms with van der Waals surface area (Å²) in [5, 5.41) is 4.18. The zero-order valence-electron chi connectivity index (χ0n) is 9.22. The number of hydrogen-bond acceptors (Lipinski definition) is 1. The third kappa shape index (κ3) is 2.19. The molecule has 1 aromatic carbocycles. The first-order chi connectivity index (χ1) is 7.27. The van der Waals surface area contributed by atoms with Crippen molar-refractivity contribution in [3.05, 3.63) is 34.9 Å². The molecule has 0 unspecified atom stereocenters. The Bertz CT molecular complexity index is 329. The molecule has 0 radical (unpaired) electrons. The van der Waals surface area contributed by atoms with E-state index in [-0.39, 0.29) is 0 Å². The fourth-order valence-electron chi connectivity index (χ4n) is 2.78. The molecule has 1 saturated carbocycles. The Balaban J connectivity index is 2.31. The smallest absolute Gasteiger partial charge is 0.0408 e. The van der Waals surface area contributed by atoms with Gasteiger partial charge in [0.2, 0.25) is 0 Å². The van der Waals surface area contributed by atoms with E-state index >= 15 is 0 Å². The minimum atomic E-state index is 0.333. The van der Waals surface area contributed by atoms with E-state index in [1.165, 1.54) is 31.2 Å². The molecule has 0 atom stereocenters. The van der Waals surface area contributed by atoms with Gasteiger partial charge in [0, 0.05) is 17.0 Å². The first kappa shape index (κ1) is 11.0. The largest absolute Gasteiger partial charge is 0.319 e. The summed E-state index contributed by atoms with van der Waals surface area (Å²) in [6, 6.07) is 8.36. The van der Waals surface area contributed by atoms with E-state index in [0.717, 1.165) is 11.6 Å². The van der Waals surface area contributed by atoms with Gasteiger partial charge in [-0.3, -0.25) is 0 Å². The highest BCUT2D eigenvalue weighted by molar-refractivity contribution is 6.30. The molecule has 2 rings (SSSR count). The third-order valence-corrected chi connectivity index (χ3v) is 3.75. The predicted octanol–water partition coefficient (Wildman–Crippen LogP) is 3.37. The summed E-state index contributed by atoms with van der Waals surface area (Å²) < 4.78 is 0. The molecule has 0 amide bonds. The van der Waals surface area contributed by atoms with Gasteiger partial charge in [-0.05, 0) is 37.6 Å². The van der Waals surface area contributed by atoms with Gasteiger partial charge in [0.25, 0.3) is 0 Å². The van der Waals surface area contributed by atoms with Crippen molar-refractivity contribution in [2.75, 3.05) is 13.6 Å². The Morgan fingerprint density at radius 2 is 2.07 bits per heavy atom. The van der Waals surface area contributed by atoms with Gasteiger partial charge in [0.15, 0.2) is 0 Å². The average Bonchev–Trinajstić information content (AvgIpc) is 2.68. The fraction of sp³-hybridized carbons (Fsp3) is 0.538. The molecule has 1 nitrogen and oxygen atoms in total. The van der Waals surface area contributed by atoms with Gasteiger partial charge in [-0.15, -0.1) is 0 Å². The van der Waals surface area contributed by atoms with Gasteiger partial charge >= 0.3 is 0 Å². The summed E-state index contributed by atoms with van der Waals surface area (Å²) in [4.78, 5) is 0. The maximum absolute atomic E-state index is 6.07. The summed E-state index contributed by atoms with van der Waals surface area (Å²) in [6.07, 6.45) is 5.25. The molecule has 1 aliphatic rings. The van der Waals surface area contributed by atoms with Gasteiger partial charge in [0.1, 0.15) is 0 Å². The van der Waals surface area contributed by atoms with Gasteiger partial charge in [-0.1, -0.05) is 36.6 Å². The SMILES string of the molecule is CNCC1(c2cccc(Cl)c2)CCCC1. The highest BCUT2D eigenvalue weighted by atomic mass is 35.5. The van der Waals surface area contributed by atoms with Crippen molar-refractivity contribution < 1.29 is 0 Å². The standard InChI is InChI=1S/C13H18ClN/c1-15-10-13(7-2-3-8-13)11-5-4-6-12(14)9-11/h4-6,9,15H,2-3,7-8,10H2,1H3. The Kier molecular flexibility index (Phi) is 3.32. The maximum atomic E-state index is 6.07. The van der Waals surface area contributed by atoms with Crippen molar-refractivity contribution in [1.82, 2.24) is 5.32 Å². The number of hydrogen-bond donors (Lipinski definition) is 1. The van der Waals surface area contributed by atoms with Crippen molar-refractivity contribution in [3.8, 4) is 0 Å². The van der Waals surface area contributed by atoms with Gasteiger partial charge in [-0.2, -0.15) is 0 Å². The summed E-state index contributed by atoms with van der Waals surface area (Å²) in [7, 11) is 2.03. The minimum absolute atomic E-state index is 0.333. The Morgan fingerprint density at radius 1 is 1.33 bits per heavy atom. The average molecular weight is 224 g/mol. The van der Waals surface area contributed by atoms with E-state index in [1.807, 2.05) is 13.1 Å². The van der Waals surface area contributed by atoms with Crippen molar-refractivity contribution in [1.29, 1.82) is 0 Å². The first-order valence-corrected chi connectivity index (χ1v) is 6.05. The first-order valence-electron chi connectivity index (χ1n) is 5.67. The lowest BCUT2D eigenvalue weighted by molar-refractivity contribution is 0.421. The fourth-order valence-corrected chi connectivity index (χ4v) is 2.97. The number of rotatable bonds is 3. The van der Waals surface area contributed by atoms with Crippen LogP contribution in [0.5, 0.6) is 0 Å². The van der Waals surface area contributed by atoms with E-state index in [4.69, 9.17) is 11.6 Å². The highest BCUT2D eigenvalue weighted by Crippen LogP contribution is 2.41. The highest BCUT2D eigenvalue weighted by Gasteiger charge is 2.34. The van der Waals surface area contributed by atoms with E-state index in [1.54, 1.807) is 0 Å². The molecule has 1 N–H and O–H groups in total. The molecular formula is C13H18ClN. The van der Waals surface area contributed by atoms with Crippen LogP contribution in [0.3, 0.4) is 0 Å². The summed E-state index contributed by atoms with van der Waals surface area (Å²) in [5.41, 5.74) is 1.74. The number of likely N-dealkylation sites (N-methyl/N-ethyl adjacent to an activating group) is 1. The van der Waals surface area contributed by atoms with E-state index in [2.05, 4.69) is 23.5 Å². The molecule has 1 aliphatic carbocycles. The van der Waals surface area contributed by atoms with Crippen LogP contribution in [0.2, 0.25) is 5.02 Å². The van der Waals surface area contributed by atoms with Gasteiger partial charge < -0.3 is 5.32 Å². The molecule has 1 fully saturated rings. The number of nitrogens with one attached hydrogen (secondary N) is 1. The van der Waals surface area contributed by atoms with Gasteiger partial charge in [0.05, 0.1) is 0 Å². The van der Waals surface area contributed by atoms with Crippen LogP contribution in [0.4, 0.5) is 0 Å². The molecule has 0 aliphatic heterocycles. The third-order valence-electron chi connectivity index (χ3n) is 3.51. The Morgan fingerprint density at radius 3 is 2.67 bits per heavy atom. The lowest BCUT2D eigenvalue weighted by Crippen LogP contribution is -2.34. The van der Waals surface area contributed by atoms with E-state index in [0.29, 0.717) is 5.41 Å². The summed E-state index contributed by atoms with van der Waals surface area (Å²) in [5.74, 6) is 0. The van der Waals surface area contributed by atoms with Crippen LogP contribution in [-0.2, 0) is 5.41 Å². The van der Waals surface area contributed by atoms with Crippen LogP contribution in [-0.4, -0.2) is 13.6 Å². The monoisotopic (exact) mass is 223 g/mol. The Labute approximate surface area is 96.8 Å². The molecule has 0 bridgehead atoms. The predicted molar refractivity (Wildman–Crippen MR) is 65.5 cm³/mol. The molecule has 0 spiro atoms. The molecule has 82 valence electrons. The summed E-state index contributed by atoms with van der Waals surface area (Å²) >= 11 is 6.07. The van der Waals surface area contributed by atoms with Crippen LogP contribution in [0.1, 0.15) is 31.2 Å². The zero-order valence-corrected chi connectivity index (χ0v) is 9.98. The van der Waals surface area contributed by atoms with Crippen molar-refractivity contribution in [2.24, 2.45) is 0 Å². The van der Waals surface area contributed by atoms with Crippen molar-refractivity contribution in [2.45, 2.75) is 31.1 Å². The zero-order chi connectivity index (χ0) is 10.7. The van der Waals surface area contributed by atoms with Crippen LogP contribution >= 0.6 is 11.6 Å². The second-order valence-electron chi connectivity index (χ2n) is 4.53. The molecule has 2 heteroatoms. The topological polar surface area (TPSA) is 12.0 Å². The molecule has 1 aromatic rings. The van der Waals surface area contributed by atoms with Crippen molar-refractivity contribution in [3.63, 3.8) is 0 Å². The summed E-state index contributed by atoms with van der Waals surface area (Å²) in [6.45, 7) is 1.06. The number of halogens is 1. The second kappa shape index (κ2) is 4.54.